The lowest BCUT2D eigenvalue weighted by molar-refractivity contribution is 0.131. The van der Waals surface area contributed by atoms with Crippen LogP contribution in [-0.4, -0.2) is 36.6 Å². The SMILES string of the molecule is CCNC1CCC(N2CCC(CC)CC2)C1. The van der Waals surface area contributed by atoms with Crippen molar-refractivity contribution in [3.05, 3.63) is 0 Å². The molecule has 2 aliphatic rings. The molecule has 2 unspecified atom stereocenters. The van der Waals surface area contributed by atoms with Gasteiger partial charge in [0, 0.05) is 12.1 Å². The topological polar surface area (TPSA) is 15.3 Å². The summed E-state index contributed by atoms with van der Waals surface area (Å²) in [4.78, 5) is 2.77. The molecule has 0 amide bonds. The van der Waals surface area contributed by atoms with Crippen LogP contribution < -0.4 is 5.32 Å². The average molecular weight is 224 g/mol. The summed E-state index contributed by atoms with van der Waals surface area (Å²) in [5, 5.41) is 3.61. The number of piperidine rings is 1. The van der Waals surface area contributed by atoms with E-state index in [4.69, 9.17) is 0 Å². The van der Waals surface area contributed by atoms with Crippen LogP contribution in [0.25, 0.3) is 0 Å². The molecular weight excluding hydrogens is 196 g/mol. The molecule has 1 saturated carbocycles. The molecule has 1 aliphatic heterocycles. The van der Waals surface area contributed by atoms with E-state index in [1.54, 1.807) is 0 Å². The predicted molar refractivity (Wildman–Crippen MR) is 69.7 cm³/mol. The molecule has 0 spiro atoms. The summed E-state index contributed by atoms with van der Waals surface area (Å²) in [6.07, 6.45) is 8.49. The zero-order valence-electron chi connectivity index (χ0n) is 11.0. The van der Waals surface area contributed by atoms with Crippen molar-refractivity contribution in [3.8, 4) is 0 Å². The summed E-state index contributed by atoms with van der Waals surface area (Å²) in [6, 6.07) is 1.70. The Hall–Kier alpha value is -0.0800. The van der Waals surface area contributed by atoms with E-state index in [0.29, 0.717) is 0 Å². The monoisotopic (exact) mass is 224 g/mol. The van der Waals surface area contributed by atoms with Crippen molar-refractivity contribution < 1.29 is 0 Å². The van der Waals surface area contributed by atoms with Gasteiger partial charge < -0.3 is 10.2 Å². The van der Waals surface area contributed by atoms with Gasteiger partial charge in [0.05, 0.1) is 0 Å². The minimum Gasteiger partial charge on any atom is -0.314 e. The maximum atomic E-state index is 3.61. The highest BCUT2D eigenvalue weighted by atomic mass is 15.2. The first kappa shape index (κ1) is 12.4. The normalized spacial score (nSPS) is 33.4. The van der Waals surface area contributed by atoms with E-state index in [9.17, 15) is 0 Å². The third kappa shape index (κ3) is 2.98. The van der Waals surface area contributed by atoms with Crippen molar-refractivity contribution in [3.63, 3.8) is 0 Å². The van der Waals surface area contributed by atoms with E-state index in [-0.39, 0.29) is 0 Å². The first-order chi connectivity index (χ1) is 7.83. The zero-order valence-corrected chi connectivity index (χ0v) is 11.0. The van der Waals surface area contributed by atoms with E-state index in [0.717, 1.165) is 24.5 Å². The Bertz CT molecular complexity index is 197. The summed E-state index contributed by atoms with van der Waals surface area (Å²) in [6.45, 7) is 8.43. The molecule has 2 fully saturated rings. The number of nitrogens with one attached hydrogen (secondary N) is 1. The van der Waals surface area contributed by atoms with Crippen molar-refractivity contribution in [2.24, 2.45) is 5.92 Å². The molecule has 2 atom stereocenters. The summed E-state index contributed by atoms with van der Waals surface area (Å²) in [5.74, 6) is 1.02. The molecule has 1 N–H and O–H groups in total. The third-order valence-corrected chi connectivity index (χ3v) is 4.64. The van der Waals surface area contributed by atoms with Crippen molar-refractivity contribution in [2.45, 2.75) is 64.5 Å². The fourth-order valence-electron chi connectivity index (χ4n) is 3.49. The summed E-state index contributed by atoms with van der Waals surface area (Å²) < 4.78 is 0. The molecule has 2 nitrogen and oxygen atoms in total. The lowest BCUT2D eigenvalue weighted by atomic mass is 9.93. The van der Waals surface area contributed by atoms with Crippen LogP contribution in [-0.2, 0) is 0 Å². The minimum atomic E-state index is 0.805. The Labute approximate surface area is 101 Å². The van der Waals surface area contributed by atoms with Crippen molar-refractivity contribution >= 4 is 0 Å². The number of hydrogen-bond donors (Lipinski definition) is 1. The van der Waals surface area contributed by atoms with E-state index < -0.39 is 0 Å². The molecule has 94 valence electrons. The highest BCUT2D eigenvalue weighted by Gasteiger charge is 2.30. The van der Waals surface area contributed by atoms with E-state index >= 15 is 0 Å². The number of nitrogens with zero attached hydrogens (tertiary/aromatic N) is 1. The van der Waals surface area contributed by atoms with Crippen LogP contribution in [0.1, 0.15) is 52.4 Å². The third-order valence-electron chi connectivity index (χ3n) is 4.64. The van der Waals surface area contributed by atoms with E-state index in [1.807, 2.05) is 0 Å². The van der Waals surface area contributed by atoms with Gasteiger partial charge in [-0.2, -0.15) is 0 Å². The lowest BCUT2D eigenvalue weighted by Crippen LogP contribution is -2.41. The van der Waals surface area contributed by atoms with Crippen LogP contribution in [0.2, 0.25) is 0 Å². The number of hydrogen-bond acceptors (Lipinski definition) is 2. The number of rotatable bonds is 4. The van der Waals surface area contributed by atoms with Gasteiger partial charge in [0.1, 0.15) is 0 Å². The Kier molecular flexibility index (Phi) is 4.66. The van der Waals surface area contributed by atoms with Crippen molar-refractivity contribution in [1.29, 1.82) is 0 Å². The quantitative estimate of drug-likeness (QED) is 0.790. The molecule has 0 radical (unpaired) electrons. The Balaban J connectivity index is 1.73. The minimum absolute atomic E-state index is 0.805. The van der Waals surface area contributed by atoms with Gasteiger partial charge in [-0.05, 0) is 57.7 Å². The smallest absolute Gasteiger partial charge is 0.0111 e. The molecule has 1 aliphatic carbocycles. The second-order valence-corrected chi connectivity index (χ2v) is 5.61. The van der Waals surface area contributed by atoms with Gasteiger partial charge >= 0.3 is 0 Å². The van der Waals surface area contributed by atoms with Gasteiger partial charge in [0.25, 0.3) is 0 Å². The maximum absolute atomic E-state index is 3.61. The molecule has 1 saturated heterocycles. The van der Waals surface area contributed by atoms with E-state index in [2.05, 4.69) is 24.1 Å². The van der Waals surface area contributed by atoms with Crippen molar-refractivity contribution in [1.82, 2.24) is 10.2 Å². The Morgan fingerprint density at radius 2 is 1.81 bits per heavy atom. The summed E-state index contributed by atoms with van der Waals surface area (Å²) >= 11 is 0. The van der Waals surface area contributed by atoms with Crippen LogP contribution in [0.5, 0.6) is 0 Å². The molecule has 2 rings (SSSR count). The first-order valence-electron chi connectivity index (χ1n) is 7.30. The van der Waals surface area contributed by atoms with Gasteiger partial charge in [0.2, 0.25) is 0 Å². The van der Waals surface area contributed by atoms with Crippen LogP contribution in [0, 0.1) is 5.92 Å². The molecule has 0 aromatic rings. The van der Waals surface area contributed by atoms with Crippen LogP contribution in [0.3, 0.4) is 0 Å². The van der Waals surface area contributed by atoms with Crippen LogP contribution in [0.15, 0.2) is 0 Å². The molecule has 0 bridgehead atoms. The number of likely N-dealkylation sites (tertiary alicyclic amines) is 1. The zero-order chi connectivity index (χ0) is 11.4. The second-order valence-electron chi connectivity index (χ2n) is 5.61. The largest absolute Gasteiger partial charge is 0.314 e. The first-order valence-corrected chi connectivity index (χ1v) is 7.30. The highest BCUT2D eigenvalue weighted by Crippen LogP contribution is 2.29. The van der Waals surface area contributed by atoms with Gasteiger partial charge in [0.15, 0.2) is 0 Å². The predicted octanol–water partition coefficient (Wildman–Crippen LogP) is 2.64. The van der Waals surface area contributed by atoms with Crippen molar-refractivity contribution in [2.75, 3.05) is 19.6 Å². The van der Waals surface area contributed by atoms with Crippen LogP contribution in [0.4, 0.5) is 0 Å². The lowest BCUT2D eigenvalue weighted by Gasteiger charge is -2.35. The van der Waals surface area contributed by atoms with Gasteiger partial charge in [-0.3, -0.25) is 0 Å². The van der Waals surface area contributed by atoms with Gasteiger partial charge in [-0.1, -0.05) is 20.3 Å². The Morgan fingerprint density at radius 1 is 1.06 bits per heavy atom. The summed E-state index contributed by atoms with van der Waals surface area (Å²) in [5.41, 5.74) is 0. The molecule has 16 heavy (non-hydrogen) atoms. The fraction of sp³-hybridized carbons (Fsp3) is 1.00. The molecule has 1 heterocycles. The summed E-state index contributed by atoms with van der Waals surface area (Å²) in [7, 11) is 0. The molecular formula is C14H28N2. The van der Waals surface area contributed by atoms with Gasteiger partial charge in [-0.25, -0.2) is 0 Å². The van der Waals surface area contributed by atoms with Crippen LogP contribution >= 0.6 is 0 Å². The Morgan fingerprint density at radius 3 is 2.44 bits per heavy atom. The highest BCUT2D eigenvalue weighted by molar-refractivity contribution is 4.88. The average Bonchev–Trinajstić information content (AvgIpc) is 2.78. The second kappa shape index (κ2) is 6.02. The maximum Gasteiger partial charge on any atom is 0.0111 e. The fourth-order valence-corrected chi connectivity index (χ4v) is 3.49. The van der Waals surface area contributed by atoms with Gasteiger partial charge in [-0.15, -0.1) is 0 Å². The molecule has 2 heteroatoms. The molecule has 0 aromatic carbocycles. The van der Waals surface area contributed by atoms with E-state index in [1.165, 1.54) is 51.6 Å². The molecule has 0 aromatic heterocycles. The standard InChI is InChI=1S/C14H28N2/c1-3-12-7-9-16(10-8-12)14-6-5-13(11-14)15-4-2/h12-15H,3-11H2,1-2H3.